The molecule has 1 aromatic rings. The highest BCUT2D eigenvalue weighted by Gasteiger charge is 2.43. The van der Waals surface area contributed by atoms with Crippen molar-refractivity contribution in [1.29, 1.82) is 0 Å². The molecule has 1 unspecified atom stereocenters. The Kier molecular flexibility index (Phi) is 6.22. The van der Waals surface area contributed by atoms with E-state index >= 15 is 0 Å². The predicted molar refractivity (Wildman–Crippen MR) is 69.6 cm³/mol. The Morgan fingerprint density at radius 3 is 2.23 bits per heavy atom. The largest absolute Gasteiger partial charge is 0.481 e. The first-order valence-corrected chi connectivity index (χ1v) is 8.02. The third-order valence-electron chi connectivity index (χ3n) is 2.60. The number of halogens is 3. The highest BCUT2D eigenvalue weighted by atomic mass is 31.2. The smallest absolute Gasteiger partial charge is 0.449 e. The van der Waals surface area contributed by atoms with Crippen molar-refractivity contribution in [1.82, 2.24) is 0 Å². The van der Waals surface area contributed by atoms with Gasteiger partial charge in [0.05, 0.1) is 19.6 Å². The number of alkyl halides is 3. The summed E-state index contributed by atoms with van der Waals surface area (Å²) >= 11 is 0. The first-order valence-electron chi connectivity index (χ1n) is 6.41. The van der Waals surface area contributed by atoms with Crippen LogP contribution in [0.25, 0.3) is 0 Å². The van der Waals surface area contributed by atoms with Crippen LogP contribution in [0.2, 0.25) is 0 Å². The van der Waals surface area contributed by atoms with E-state index in [1.54, 1.807) is 0 Å². The lowest BCUT2D eigenvalue weighted by Crippen LogP contribution is -2.11. The molecule has 0 bridgehead atoms. The SMILES string of the molecule is CCOP(=O)(OCC)C(CC(=O)O)c1ccc(C(F)(F)F)o1. The molecule has 0 amide bonds. The van der Waals surface area contributed by atoms with E-state index in [4.69, 9.17) is 14.2 Å². The number of carbonyl (C=O) groups is 1. The van der Waals surface area contributed by atoms with Gasteiger partial charge in [-0.15, -0.1) is 0 Å². The molecule has 10 heteroatoms. The van der Waals surface area contributed by atoms with Crippen LogP contribution in [0, 0.1) is 0 Å². The molecule has 0 saturated carbocycles. The maximum atomic E-state index is 12.7. The first kappa shape index (κ1) is 18.7. The fourth-order valence-corrected chi connectivity index (χ4v) is 3.78. The van der Waals surface area contributed by atoms with E-state index < -0.39 is 43.3 Å². The molecule has 1 N–H and O–H groups in total. The first-order chi connectivity index (χ1) is 10.1. The van der Waals surface area contributed by atoms with E-state index in [-0.39, 0.29) is 13.2 Å². The predicted octanol–water partition coefficient (Wildman–Crippen LogP) is 4.08. The van der Waals surface area contributed by atoms with Gasteiger partial charge in [0.2, 0.25) is 5.76 Å². The Morgan fingerprint density at radius 2 is 1.86 bits per heavy atom. The fourth-order valence-electron chi connectivity index (χ4n) is 1.80. The summed E-state index contributed by atoms with van der Waals surface area (Å²) in [5.41, 5.74) is -1.46. The summed E-state index contributed by atoms with van der Waals surface area (Å²) < 4.78 is 65.0. The molecule has 22 heavy (non-hydrogen) atoms. The molecule has 0 spiro atoms. The van der Waals surface area contributed by atoms with Crippen molar-refractivity contribution >= 4 is 13.6 Å². The fraction of sp³-hybridized carbons (Fsp3) is 0.583. The highest BCUT2D eigenvalue weighted by Crippen LogP contribution is 2.62. The molecule has 0 aromatic carbocycles. The minimum atomic E-state index is -4.73. The molecule has 1 heterocycles. The molecule has 0 aliphatic carbocycles. The maximum absolute atomic E-state index is 12.7. The number of rotatable bonds is 8. The Bertz CT molecular complexity index is 543. The van der Waals surface area contributed by atoms with Crippen LogP contribution in [0.4, 0.5) is 13.2 Å². The Labute approximate surface area is 124 Å². The summed E-state index contributed by atoms with van der Waals surface area (Å²) in [4.78, 5) is 10.9. The molecule has 0 radical (unpaired) electrons. The van der Waals surface area contributed by atoms with Crippen LogP contribution in [-0.4, -0.2) is 24.3 Å². The van der Waals surface area contributed by atoms with Crippen molar-refractivity contribution in [3.63, 3.8) is 0 Å². The average molecular weight is 344 g/mol. The third-order valence-corrected chi connectivity index (χ3v) is 5.04. The van der Waals surface area contributed by atoms with Gasteiger partial charge in [-0.2, -0.15) is 13.2 Å². The van der Waals surface area contributed by atoms with Gasteiger partial charge in [-0.3, -0.25) is 9.36 Å². The summed E-state index contributed by atoms with van der Waals surface area (Å²) in [6.07, 6.45) is -5.48. The van der Waals surface area contributed by atoms with Crippen LogP contribution in [0.1, 0.15) is 37.4 Å². The van der Waals surface area contributed by atoms with Crippen LogP contribution in [-0.2, 0) is 24.6 Å². The van der Waals surface area contributed by atoms with E-state index in [0.29, 0.717) is 6.07 Å². The Hall–Kier alpha value is -1.31. The van der Waals surface area contributed by atoms with Crippen molar-refractivity contribution in [2.24, 2.45) is 0 Å². The molecule has 1 rings (SSSR count). The van der Waals surface area contributed by atoms with E-state index in [1.165, 1.54) is 13.8 Å². The molecular formula is C12H16F3O6P. The maximum Gasteiger partial charge on any atom is 0.449 e. The van der Waals surface area contributed by atoms with Gasteiger partial charge in [0.25, 0.3) is 0 Å². The Morgan fingerprint density at radius 1 is 1.32 bits per heavy atom. The third kappa shape index (κ3) is 4.59. The van der Waals surface area contributed by atoms with Crippen molar-refractivity contribution in [3.8, 4) is 0 Å². The van der Waals surface area contributed by atoms with Crippen LogP contribution < -0.4 is 0 Å². The summed E-state index contributed by atoms with van der Waals surface area (Å²) in [7, 11) is -3.99. The molecule has 1 aromatic heterocycles. The standard InChI is InChI=1S/C12H16F3O6P/c1-3-19-22(18,20-4-2)9(7-11(16)17)8-5-6-10(21-8)12(13,14)15/h5-6,9H,3-4,7H2,1-2H3,(H,16,17). The molecule has 0 fully saturated rings. The van der Waals surface area contributed by atoms with Crippen LogP contribution in [0.3, 0.4) is 0 Å². The van der Waals surface area contributed by atoms with Crippen molar-refractivity contribution in [2.75, 3.05) is 13.2 Å². The summed E-state index contributed by atoms with van der Waals surface area (Å²) in [5, 5.41) is 8.92. The van der Waals surface area contributed by atoms with Gasteiger partial charge < -0.3 is 18.6 Å². The molecule has 0 saturated heterocycles. The van der Waals surface area contributed by atoms with Crippen LogP contribution >= 0.6 is 7.60 Å². The Balaban J connectivity index is 3.24. The van der Waals surface area contributed by atoms with E-state index in [0.717, 1.165) is 6.07 Å². The minimum absolute atomic E-state index is 0.0553. The summed E-state index contributed by atoms with van der Waals surface area (Å²) in [6, 6.07) is 1.58. The second-order valence-corrected chi connectivity index (χ2v) is 6.41. The number of hydrogen-bond donors (Lipinski definition) is 1. The zero-order valence-corrected chi connectivity index (χ0v) is 12.8. The van der Waals surface area contributed by atoms with E-state index in [9.17, 15) is 22.5 Å². The highest BCUT2D eigenvalue weighted by molar-refractivity contribution is 7.54. The summed E-state index contributed by atoms with van der Waals surface area (Å²) in [5.74, 6) is -3.08. The van der Waals surface area contributed by atoms with Gasteiger partial charge >= 0.3 is 19.7 Å². The number of furan rings is 1. The monoisotopic (exact) mass is 344 g/mol. The van der Waals surface area contributed by atoms with E-state index in [1.807, 2.05) is 0 Å². The minimum Gasteiger partial charge on any atom is -0.481 e. The number of hydrogen-bond acceptors (Lipinski definition) is 5. The zero-order valence-electron chi connectivity index (χ0n) is 11.9. The van der Waals surface area contributed by atoms with Crippen molar-refractivity contribution in [2.45, 2.75) is 32.1 Å². The quantitative estimate of drug-likeness (QED) is 0.715. The molecule has 0 aliphatic rings. The molecule has 1 atom stereocenters. The lowest BCUT2D eigenvalue weighted by molar-refractivity contribution is -0.153. The average Bonchev–Trinajstić information content (AvgIpc) is 2.85. The lowest BCUT2D eigenvalue weighted by Gasteiger charge is -2.23. The topological polar surface area (TPSA) is 86.0 Å². The number of carboxylic acids is 1. The molecular weight excluding hydrogens is 328 g/mol. The van der Waals surface area contributed by atoms with Gasteiger partial charge in [0.15, 0.2) is 0 Å². The van der Waals surface area contributed by atoms with Gasteiger partial charge in [-0.1, -0.05) is 0 Å². The van der Waals surface area contributed by atoms with Gasteiger partial charge in [-0.25, -0.2) is 0 Å². The normalized spacial score (nSPS) is 14.0. The van der Waals surface area contributed by atoms with Crippen molar-refractivity contribution in [3.05, 3.63) is 23.7 Å². The summed E-state index contributed by atoms with van der Waals surface area (Å²) in [6.45, 7) is 2.90. The van der Waals surface area contributed by atoms with Crippen LogP contribution in [0.5, 0.6) is 0 Å². The molecule has 126 valence electrons. The number of carboxylic acid groups (broad SMARTS) is 1. The lowest BCUT2D eigenvalue weighted by atomic mass is 10.2. The zero-order chi connectivity index (χ0) is 17.0. The van der Waals surface area contributed by atoms with Crippen LogP contribution in [0.15, 0.2) is 16.5 Å². The molecule has 0 aliphatic heterocycles. The van der Waals surface area contributed by atoms with E-state index in [2.05, 4.69) is 4.42 Å². The molecule has 6 nitrogen and oxygen atoms in total. The van der Waals surface area contributed by atoms with Gasteiger partial charge in [0, 0.05) is 0 Å². The van der Waals surface area contributed by atoms with Crippen molar-refractivity contribution < 1.29 is 41.1 Å². The number of aliphatic carboxylic acids is 1. The second kappa shape index (κ2) is 7.30. The van der Waals surface area contributed by atoms with Gasteiger partial charge in [-0.05, 0) is 26.0 Å². The van der Waals surface area contributed by atoms with Gasteiger partial charge in [0.1, 0.15) is 11.4 Å². The second-order valence-electron chi connectivity index (χ2n) is 4.19.